The van der Waals surface area contributed by atoms with Gasteiger partial charge in [-0.25, -0.2) is 0 Å². The Morgan fingerprint density at radius 2 is 2.00 bits per heavy atom. The average molecular weight is 282 g/mol. The van der Waals surface area contributed by atoms with E-state index in [9.17, 15) is 4.79 Å². The van der Waals surface area contributed by atoms with E-state index in [-0.39, 0.29) is 11.3 Å². The molecule has 0 aliphatic carbocycles. The first-order chi connectivity index (χ1) is 9.84. The lowest BCUT2D eigenvalue weighted by Gasteiger charge is -2.38. The van der Waals surface area contributed by atoms with Crippen LogP contribution in [0.25, 0.3) is 10.9 Å². The third-order valence-corrected chi connectivity index (χ3v) is 4.32. The fourth-order valence-electron chi connectivity index (χ4n) is 2.93. The van der Waals surface area contributed by atoms with E-state index >= 15 is 0 Å². The molecule has 0 N–H and O–H groups in total. The molecule has 1 aromatic carbocycles. The van der Waals surface area contributed by atoms with E-state index in [2.05, 4.69) is 31.7 Å². The van der Waals surface area contributed by atoms with Crippen molar-refractivity contribution >= 4 is 16.7 Å². The van der Waals surface area contributed by atoms with Gasteiger partial charge in [-0.05, 0) is 57.5 Å². The lowest BCUT2D eigenvalue weighted by molar-refractivity contribution is 0.101. The molecule has 0 fully saturated rings. The maximum absolute atomic E-state index is 11.5. The van der Waals surface area contributed by atoms with Gasteiger partial charge >= 0.3 is 0 Å². The Morgan fingerprint density at radius 3 is 2.67 bits per heavy atom. The molecule has 3 rings (SSSR count). The first-order valence-electron chi connectivity index (χ1n) is 7.53. The Morgan fingerprint density at radius 1 is 1.24 bits per heavy atom. The van der Waals surface area contributed by atoms with Gasteiger partial charge in [0, 0.05) is 41.7 Å². The second-order valence-corrected chi connectivity index (χ2v) is 6.90. The molecule has 3 nitrogen and oxygen atoms in total. The van der Waals surface area contributed by atoms with Crippen LogP contribution in [0.3, 0.4) is 0 Å². The van der Waals surface area contributed by atoms with Gasteiger partial charge in [-0.3, -0.25) is 14.7 Å². The van der Waals surface area contributed by atoms with Crippen LogP contribution in [0.4, 0.5) is 0 Å². The largest absolute Gasteiger partial charge is 0.295 e. The minimum absolute atomic E-state index is 0.103. The number of aromatic nitrogens is 1. The summed E-state index contributed by atoms with van der Waals surface area (Å²) in [6.45, 7) is 10.3. The highest BCUT2D eigenvalue weighted by molar-refractivity contribution is 5.97. The molecular weight excluding hydrogens is 260 g/mol. The molecule has 0 spiro atoms. The number of pyridine rings is 1. The highest BCUT2D eigenvalue weighted by Crippen LogP contribution is 2.27. The molecule has 2 aromatic rings. The van der Waals surface area contributed by atoms with E-state index in [0.717, 1.165) is 36.0 Å². The predicted octanol–water partition coefficient (Wildman–Crippen LogP) is 3.59. The fraction of sp³-hybridized carbons (Fsp3) is 0.444. The summed E-state index contributed by atoms with van der Waals surface area (Å²) in [6.07, 6.45) is 0.997. The minimum Gasteiger partial charge on any atom is -0.295 e. The molecule has 110 valence electrons. The summed E-state index contributed by atoms with van der Waals surface area (Å²) in [5.74, 6) is 0.103. The van der Waals surface area contributed by atoms with E-state index < -0.39 is 0 Å². The van der Waals surface area contributed by atoms with E-state index in [1.807, 2.05) is 18.2 Å². The number of rotatable bonds is 1. The van der Waals surface area contributed by atoms with Crippen molar-refractivity contribution in [2.75, 3.05) is 6.54 Å². The third-order valence-electron chi connectivity index (χ3n) is 4.32. The van der Waals surface area contributed by atoms with Gasteiger partial charge in [-0.15, -0.1) is 0 Å². The van der Waals surface area contributed by atoms with Gasteiger partial charge < -0.3 is 0 Å². The number of hydrogen-bond acceptors (Lipinski definition) is 3. The molecule has 0 saturated carbocycles. The molecule has 0 unspecified atom stereocenters. The molecule has 21 heavy (non-hydrogen) atoms. The van der Waals surface area contributed by atoms with Crippen molar-refractivity contribution in [2.45, 2.75) is 46.2 Å². The Kier molecular flexibility index (Phi) is 3.33. The Hall–Kier alpha value is -1.74. The number of ketones is 1. The molecule has 1 aliphatic rings. The van der Waals surface area contributed by atoms with Gasteiger partial charge in [0.1, 0.15) is 0 Å². The number of benzene rings is 1. The van der Waals surface area contributed by atoms with Crippen LogP contribution in [0.5, 0.6) is 0 Å². The van der Waals surface area contributed by atoms with Crippen molar-refractivity contribution in [3.8, 4) is 0 Å². The van der Waals surface area contributed by atoms with Crippen molar-refractivity contribution in [3.05, 3.63) is 41.1 Å². The zero-order chi connectivity index (χ0) is 15.2. The summed E-state index contributed by atoms with van der Waals surface area (Å²) in [5.41, 5.74) is 4.42. The van der Waals surface area contributed by atoms with E-state index in [1.165, 1.54) is 11.3 Å². The molecular formula is C18H22N2O. The fourth-order valence-corrected chi connectivity index (χ4v) is 2.93. The Bertz CT molecular complexity index is 713. The minimum atomic E-state index is 0.103. The van der Waals surface area contributed by atoms with E-state index in [1.54, 1.807) is 6.92 Å². The quantitative estimate of drug-likeness (QED) is 0.749. The SMILES string of the molecule is CC(=O)c1ccc2nc3c(cc2c1)CN(C(C)(C)C)CC3. The summed E-state index contributed by atoms with van der Waals surface area (Å²) in [4.78, 5) is 18.8. The van der Waals surface area contributed by atoms with Crippen molar-refractivity contribution in [1.29, 1.82) is 0 Å². The second-order valence-electron chi connectivity index (χ2n) is 6.90. The molecule has 0 radical (unpaired) electrons. The van der Waals surface area contributed by atoms with Crippen LogP contribution >= 0.6 is 0 Å². The molecule has 3 heteroatoms. The zero-order valence-electron chi connectivity index (χ0n) is 13.2. The van der Waals surface area contributed by atoms with Crippen molar-refractivity contribution in [2.24, 2.45) is 0 Å². The van der Waals surface area contributed by atoms with Crippen LogP contribution in [-0.4, -0.2) is 27.8 Å². The van der Waals surface area contributed by atoms with Crippen LogP contribution < -0.4 is 0 Å². The topological polar surface area (TPSA) is 33.2 Å². The van der Waals surface area contributed by atoms with Gasteiger partial charge in [0.15, 0.2) is 5.78 Å². The molecule has 1 aromatic heterocycles. The normalized spacial score (nSPS) is 16.0. The van der Waals surface area contributed by atoms with Crippen molar-refractivity contribution < 1.29 is 4.79 Å². The van der Waals surface area contributed by atoms with Gasteiger partial charge in [-0.2, -0.15) is 0 Å². The summed E-state index contributed by atoms with van der Waals surface area (Å²) in [5, 5.41) is 1.07. The Balaban J connectivity index is 2.04. The second kappa shape index (κ2) is 4.92. The monoisotopic (exact) mass is 282 g/mol. The van der Waals surface area contributed by atoms with Gasteiger partial charge in [0.25, 0.3) is 0 Å². The van der Waals surface area contributed by atoms with Crippen LogP contribution in [0.2, 0.25) is 0 Å². The van der Waals surface area contributed by atoms with Crippen LogP contribution in [0, 0.1) is 0 Å². The number of nitrogens with zero attached hydrogens (tertiary/aromatic N) is 2. The van der Waals surface area contributed by atoms with Crippen molar-refractivity contribution in [1.82, 2.24) is 9.88 Å². The van der Waals surface area contributed by atoms with E-state index in [4.69, 9.17) is 4.98 Å². The summed E-state index contributed by atoms with van der Waals surface area (Å²) >= 11 is 0. The predicted molar refractivity (Wildman–Crippen MR) is 85.6 cm³/mol. The maximum Gasteiger partial charge on any atom is 0.159 e. The maximum atomic E-state index is 11.5. The Labute approximate surface area is 126 Å². The van der Waals surface area contributed by atoms with Gasteiger partial charge in [0.05, 0.1) is 5.52 Å². The van der Waals surface area contributed by atoms with Crippen LogP contribution in [0.15, 0.2) is 24.3 Å². The molecule has 0 amide bonds. The first-order valence-corrected chi connectivity index (χ1v) is 7.53. The smallest absolute Gasteiger partial charge is 0.159 e. The molecule has 1 aliphatic heterocycles. The lowest BCUT2D eigenvalue weighted by atomic mass is 9.97. The van der Waals surface area contributed by atoms with Gasteiger partial charge in [0.2, 0.25) is 0 Å². The van der Waals surface area contributed by atoms with Crippen LogP contribution in [-0.2, 0) is 13.0 Å². The number of carbonyl (C=O) groups excluding carboxylic acids is 1. The summed E-state index contributed by atoms with van der Waals surface area (Å²) in [7, 11) is 0. The first kappa shape index (κ1) is 14.2. The molecule has 0 saturated heterocycles. The highest BCUT2D eigenvalue weighted by atomic mass is 16.1. The third kappa shape index (κ3) is 2.70. The number of carbonyl (C=O) groups is 1. The molecule has 0 bridgehead atoms. The number of fused-ring (bicyclic) bond motifs is 2. The van der Waals surface area contributed by atoms with E-state index in [0.29, 0.717) is 0 Å². The molecule has 0 atom stereocenters. The van der Waals surface area contributed by atoms with Crippen molar-refractivity contribution in [3.63, 3.8) is 0 Å². The number of hydrogen-bond donors (Lipinski definition) is 0. The average Bonchev–Trinajstić information content (AvgIpc) is 2.42. The molecule has 2 heterocycles. The summed E-state index contributed by atoms with van der Waals surface area (Å²) < 4.78 is 0. The highest BCUT2D eigenvalue weighted by Gasteiger charge is 2.26. The van der Waals surface area contributed by atoms with Gasteiger partial charge in [-0.1, -0.05) is 0 Å². The standard InChI is InChI=1S/C18H22N2O/c1-12(21)13-5-6-16-14(9-13)10-15-11-20(18(2,3)4)8-7-17(15)19-16/h5-6,9-10H,7-8,11H2,1-4H3. The zero-order valence-corrected chi connectivity index (χ0v) is 13.2. The lowest BCUT2D eigenvalue weighted by Crippen LogP contribution is -2.44. The van der Waals surface area contributed by atoms with Crippen LogP contribution in [0.1, 0.15) is 49.3 Å². The number of Topliss-reactive ketones (excluding diaryl/α,β-unsaturated/α-hetero) is 1. The summed E-state index contributed by atoms with van der Waals surface area (Å²) in [6, 6.07) is 8.00.